The third-order valence-electron chi connectivity index (χ3n) is 3.19. The van der Waals surface area contributed by atoms with Gasteiger partial charge in [-0.05, 0) is 31.5 Å². The van der Waals surface area contributed by atoms with Gasteiger partial charge < -0.3 is 14.6 Å². The zero-order valence-electron chi connectivity index (χ0n) is 14.5. The van der Waals surface area contributed by atoms with Crippen molar-refractivity contribution in [1.29, 1.82) is 0 Å². The molecule has 0 saturated carbocycles. The maximum Gasteiger partial charge on any atom is 0.338 e. The lowest BCUT2D eigenvalue weighted by molar-refractivity contribution is -0.124. The van der Waals surface area contributed by atoms with Crippen molar-refractivity contribution >= 4 is 33.4 Å². The van der Waals surface area contributed by atoms with Gasteiger partial charge in [0.05, 0.1) is 11.8 Å². The lowest BCUT2D eigenvalue weighted by Gasteiger charge is -2.15. The Kier molecular flexibility index (Phi) is 5.98. The van der Waals surface area contributed by atoms with E-state index in [1.807, 2.05) is 0 Å². The number of esters is 1. The number of sulfonamides is 1. The number of carbonyl (C=O) groups excluding carboxylic acids is 2. The number of hydrogen-bond acceptors (Lipinski definition) is 7. The number of benzene rings is 1. The molecule has 10 heteroatoms. The largest absolute Gasteiger partial charge is 0.449 e. The van der Waals surface area contributed by atoms with Gasteiger partial charge in [-0.2, -0.15) is 0 Å². The van der Waals surface area contributed by atoms with Gasteiger partial charge in [0.2, 0.25) is 10.0 Å². The van der Waals surface area contributed by atoms with Crippen LogP contribution in [0.4, 0.5) is 11.5 Å². The van der Waals surface area contributed by atoms with Crippen molar-refractivity contribution < 1.29 is 27.3 Å². The second-order valence-electron chi connectivity index (χ2n) is 5.57. The summed E-state index contributed by atoms with van der Waals surface area (Å²) in [6.45, 7) is 3.37. The van der Waals surface area contributed by atoms with Crippen LogP contribution in [0, 0.1) is 6.92 Å². The van der Waals surface area contributed by atoms with Crippen LogP contribution >= 0.6 is 0 Å². The first kappa shape index (κ1) is 19.4. The van der Waals surface area contributed by atoms with Crippen LogP contribution in [-0.4, -0.2) is 37.8 Å². The van der Waals surface area contributed by atoms with Gasteiger partial charge in [-0.15, -0.1) is 0 Å². The number of anilines is 2. The molecule has 0 aliphatic rings. The highest BCUT2D eigenvalue weighted by atomic mass is 32.2. The molecule has 1 aromatic heterocycles. The molecule has 1 amide bonds. The normalized spacial score (nSPS) is 12.3. The van der Waals surface area contributed by atoms with E-state index in [-0.39, 0.29) is 23.5 Å². The fourth-order valence-corrected chi connectivity index (χ4v) is 2.63. The van der Waals surface area contributed by atoms with Crippen LogP contribution in [0.1, 0.15) is 29.5 Å². The Bertz CT molecular complexity index is 906. The topological polar surface area (TPSA) is 128 Å². The monoisotopic (exact) mass is 381 g/mol. The van der Waals surface area contributed by atoms with Gasteiger partial charge in [0, 0.05) is 11.8 Å². The van der Waals surface area contributed by atoms with Gasteiger partial charge in [0.25, 0.3) is 5.91 Å². The minimum atomic E-state index is -3.48. The van der Waals surface area contributed by atoms with E-state index in [1.165, 1.54) is 30.3 Å². The van der Waals surface area contributed by atoms with Crippen LogP contribution in [0.15, 0.2) is 34.9 Å². The molecular formula is C16H19N3O6S. The highest BCUT2D eigenvalue weighted by Gasteiger charge is 2.23. The molecule has 0 aliphatic carbocycles. The van der Waals surface area contributed by atoms with Crippen LogP contribution in [-0.2, 0) is 19.6 Å². The van der Waals surface area contributed by atoms with E-state index in [9.17, 15) is 18.0 Å². The highest BCUT2D eigenvalue weighted by molar-refractivity contribution is 7.92. The van der Waals surface area contributed by atoms with E-state index >= 15 is 0 Å². The summed E-state index contributed by atoms with van der Waals surface area (Å²) >= 11 is 0. The standard InChI is InChI=1S/C16H19N3O6S/c1-4-13(15(20)17-14-8-10(2)25-18-14)24-16(21)11-6-5-7-12(9-11)19-26(3,22)23/h5-9,13,19H,4H2,1-3H3,(H,17,18,20). The maximum atomic E-state index is 12.3. The molecule has 0 aliphatic heterocycles. The third kappa shape index (κ3) is 5.59. The zero-order chi connectivity index (χ0) is 19.3. The van der Waals surface area contributed by atoms with Crippen LogP contribution in [0.3, 0.4) is 0 Å². The van der Waals surface area contributed by atoms with E-state index in [4.69, 9.17) is 9.26 Å². The Hall–Kier alpha value is -2.88. The minimum Gasteiger partial charge on any atom is -0.449 e. The first-order chi connectivity index (χ1) is 12.2. The summed E-state index contributed by atoms with van der Waals surface area (Å²) in [5, 5.41) is 6.14. The maximum absolute atomic E-state index is 12.3. The van der Waals surface area contributed by atoms with E-state index in [1.54, 1.807) is 13.8 Å². The Morgan fingerprint density at radius 3 is 2.62 bits per heavy atom. The number of amides is 1. The summed E-state index contributed by atoms with van der Waals surface area (Å²) in [5.41, 5.74) is 0.333. The number of nitrogens with zero attached hydrogens (tertiary/aromatic N) is 1. The molecule has 9 nitrogen and oxygen atoms in total. The van der Waals surface area contributed by atoms with Crippen molar-refractivity contribution in [2.75, 3.05) is 16.3 Å². The summed E-state index contributed by atoms with van der Waals surface area (Å²) in [5.74, 6) is -0.540. The van der Waals surface area contributed by atoms with Crippen LogP contribution in [0.25, 0.3) is 0 Å². The average molecular weight is 381 g/mol. The van der Waals surface area contributed by atoms with Gasteiger partial charge in [-0.1, -0.05) is 18.1 Å². The van der Waals surface area contributed by atoms with Gasteiger partial charge >= 0.3 is 5.97 Å². The molecule has 1 unspecified atom stereocenters. The molecule has 2 rings (SSSR count). The molecule has 1 heterocycles. The lowest BCUT2D eigenvalue weighted by Crippen LogP contribution is -2.32. The summed E-state index contributed by atoms with van der Waals surface area (Å²) < 4.78 is 34.9. The molecule has 0 bridgehead atoms. The van der Waals surface area contributed by atoms with E-state index in [0.717, 1.165) is 6.26 Å². The van der Waals surface area contributed by atoms with Gasteiger partial charge in [-0.3, -0.25) is 9.52 Å². The number of ether oxygens (including phenoxy) is 1. The summed E-state index contributed by atoms with van der Waals surface area (Å²) in [6, 6.07) is 7.32. The number of aromatic nitrogens is 1. The van der Waals surface area contributed by atoms with Crippen molar-refractivity contribution in [1.82, 2.24) is 5.16 Å². The number of carbonyl (C=O) groups is 2. The molecule has 0 spiro atoms. The molecule has 140 valence electrons. The van der Waals surface area contributed by atoms with Crippen LogP contribution in [0.5, 0.6) is 0 Å². The van der Waals surface area contributed by atoms with Crippen LogP contribution < -0.4 is 10.0 Å². The Balaban J connectivity index is 2.06. The summed E-state index contributed by atoms with van der Waals surface area (Å²) in [6.07, 6.45) is 0.211. The van der Waals surface area contributed by atoms with E-state index < -0.39 is 28.0 Å². The summed E-state index contributed by atoms with van der Waals surface area (Å²) in [7, 11) is -3.48. The van der Waals surface area contributed by atoms with Crippen molar-refractivity contribution in [2.24, 2.45) is 0 Å². The zero-order valence-corrected chi connectivity index (χ0v) is 15.3. The first-order valence-electron chi connectivity index (χ1n) is 7.71. The predicted molar refractivity (Wildman–Crippen MR) is 94.3 cm³/mol. The predicted octanol–water partition coefficient (Wildman–Crippen LogP) is 1.93. The first-order valence-corrected chi connectivity index (χ1v) is 9.60. The Morgan fingerprint density at radius 2 is 2.04 bits per heavy atom. The third-order valence-corrected chi connectivity index (χ3v) is 3.80. The molecular weight excluding hydrogens is 362 g/mol. The van der Waals surface area contributed by atoms with Crippen molar-refractivity contribution in [3.05, 3.63) is 41.7 Å². The smallest absolute Gasteiger partial charge is 0.338 e. The number of rotatable bonds is 7. The molecule has 2 N–H and O–H groups in total. The molecule has 0 radical (unpaired) electrons. The van der Waals surface area contributed by atoms with Gasteiger partial charge in [-0.25, -0.2) is 13.2 Å². The van der Waals surface area contributed by atoms with Crippen molar-refractivity contribution in [3.63, 3.8) is 0 Å². The van der Waals surface area contributed by atoms with Crippen molar-refractivity contribution in [2.45, 2.75) is 26.4 Å². The highest BCUT2D eigenvalue weighted by Crippen LogP contribution is 2.15. The second-order valence-corrected chi connectivity index (χ2v) is 7.32. The molecule has 2 aromatic rings. The van der Waals surface area contributed by atoms with Gasteiger partial charge in [0.15, 0.2) is 11.9 Å². The average Bonchev–Trinajstić information content (AvgIpc) is 2.95. The SMILES string of the molecule is CCC(OC(=O)c1cccc(NS(C)(=O)=O)c1)C(=O)Nc1cc(C)on1. The minimum absolute atomic E-state index is 0.113. The molecule has 1 aromatic carbocycles. The number of nitrogens with one attached hydrogen (secondary N) is 2. The fourth-order valence-electron chi connectivity index (χ4n) is 2.08. The summed E-state index contributed by atoms with van der Waals surface area (Å²) in [4.78, 5) is 24.5. The van der Waals surface area contributed by atoms with E-state index in [2.05, 4.69) is 15.2 Å². The Morgan fingerprint density at radius 1 is 1.31 bits per heavy atom. The Labute approximate surface area is 150 Å². The second kappa shape index (κ2) is 8.00. The lowest BCUT2D eigenvalue weighted by atomic mass is 10.2. The van der Waals surface area contributed by atoms with Gasteiger partial charge in [0.1, 0.15) is 5.76 Å². The number of aryl methyl sites for hydroxylation is 1. The van der Waals surface area contributed by atoms with Crippen molar-refractivity contribution in [3.8, 4) is 0 Å². The molecule has 26 heavy (non-hydrogen) atoms. The van der Waals surface area contributed by atoms with Crippen LogP contribution in [0.2, 0.25) is 0 Å². The molecule has 0 saturated heterocycles. The molecule has 1 atom stereocenters. The van der Waals surface area contributed by atoms with E-state index in [0.29, 0.717) is 5.76 Å². The molecule has 0 fully saturated rings. The fraction of sp³-hybridized carbons (Fsp3) is 0.312. The number of hydrogen-bond donors (Lipinski definition) is 2. The quantitative estimate of drug-likeness (QED) is 0.701.